The van der Waals surface area contributed by atoms with Crippen LogP contribution in [0.3, 0.4) is 0 Å². The van der Waals surface area contributed by atoms with E-state index < -0.39 is 0 Å². The zero-order chi connectivity index (χ0) is 16.7. The van der Waals surface area contributed by atoms with Crippen LogP contribution in [0.2, 0.25) is 0 Å². The summed E-state index contributed by atoms with van der Waals surface area (Å²) in [5, 5.41) is 0. The second kappa shape index (κ2) is 26.9. The molecule has 0 bridgehead atoms. The van der Waals surface area contributed by atoms with Crippen molar-refractivity contribution in [2.45, 2.75) is 110 Å². The molecule has 0 aliphatic carbocycles. The van der Waals surface area contributed by atoms with Crippen molar-refractivity contribution in [3.05, 3.63) is 0 Å². The first kappa shape index (κ1) is 25.3. The Balaban J connectivity index is 0. The van der Waals surface area contributed by atoms with Crippen LogP contribution < -0.4 is 5.73 Å². The molecular weight excluding hydrogens is 357 g/mol. The minimum absolute atomic E-state index is 0.194. The van der Waals surface area contributed by atoms with E-state index in [1.165, 1.54) is 103 Å². The third kappa shape index (κ3) is 29.1. The van der Waals surface area contributed by atoms with Crippen molar-refractivity contribution in [2.75, 3.05) is 6.54 Å². The summed E-state index contributed by atoms with van der Waals surface area (Å²) < 4.78 is 0. The van der Waals surface area contributed by atoms with Crippen LogP contribution >= 0.6 is 20.2 Å². The predicted octanol–water partition coefficient (Wildman–Crippen LogP) is 7.58. The van der Waals surface area contributed by atoms with Crippen molar-refractivity contribution >= 4 is 20.2 Å². The van der Waals surface area contributed by atoms with Crippen molar-refractivity contribution in [2.24, 2.45) is 5.73 Å². The van der Waals surface area contributed by atoms with Gasteiger partial charge in [-0.3, -0.25) is 0 Å². The van der Waals surface area contributed by atoms with Gasteiger partial charge in [0.1, 0.15) is 0 Å². The number of unbranched alkanes of at least 4 members (excludes halogenated alkanes) is 15. The summed E-state index contributed by atoms with van der Waals surface area (Å²) in [6, 6.07) is 0. The fourth-order valence-electron chi connectivity index (χ4n) is 2.69. The number of rotatable bonds is 16. The maximum atomic E-state index is 5.48. The Morgan fingerprint density at radius 1 is 0.545 bits per heavy atom. The van der Waals surface area contributed by atoms with Crippen molar-refractivity contribution in [3.8, 4) is 0 Å². The second-order valence-corrected chi connectivity index (χ2v) is 7.97. The van der Waals surface area contributed by atoms with Gasteiger partial charge < -0.3 is 5.73 Å². The first-order chi connectivity index (χ1) is 10.8. The minimum atomic E-state index is 0.194. The number of hydrogen-bond donors (Lipinski definition) is 1. The average molecular weight is 396 g/mol. The molecule has 2 N–H and O–H groups in total. The fourth-order valence-corrected chi connectivity index (χ4v) is 2.69. The van der Waals surface area contributed by atoms with Gasteiger partial charge in [0.05, 0.1) is 0 Å². The van der Waals surface area contributed by atoms with Crippen molar-refractivity contribution in [1.82, 2.24) is 0 Å². The Morgan fingerprint density at radius 3 is 1.00 bits per heavy atom. The van der Waals surface area contributed by atoms with E-state index in [1.807, 2.05) is 0 Å². The summed E-state index contributed by atoms with van der Waals surface area (Å²) in [5.74, 6) is 0. The topological polar surface area (TPSA) is 26.0 Å². The summed E-state index contributed by atoms with van der Waals surface area (Å²) in [4.78, 5) is 0. The molecule has 0 heterocycles. The first-order valence-electron chi connectivity index (χ1n) is 9.38. The van der Waals surface area contributed by atoms with Gasteiger partial charge in [-0.05, 0) is 13.0 Å². The Labute approximate surface area is 155 Å². The van der Waals surface area contributed by atoms with Crippen LogP contribution in [0.4, 0.5) is 0 Å². The van der Waals surface area contributed by atoms with E-state index in [0.717, 1.165) is 6.54 Å². The third-order valence-electron chi connectivity index (χ3n) is 4.06. The van der Waals surface area contributed by atoms with E-state index in [0.29, 0.717) is 0 Å². The first-order valence-corrected chi connectivity index (χ1v) is 12.4. The van der Waals surface area contributed by atoms with Crippen LogP contribution in [0.15, 0.2) is 0 Å². The molecule has 0 spiro atoms. The maximum absolute atomic E-state index is 5.48. The summed E-state index contributed by atoms with van der Waals surface area (Å²) in [7, 11) is 9.53. The molecule has 0 aromatic rings. The van der Waals surface area contributed by atoms with E-state index in [-0.39, 0.29) is 13.1 Å². The Morgan fingerprint density at radius 2 is 0.773 bits per heavy atom. The molecule has 1 nitrogen and oxygen atoms in total. The summed E-state index contributed by atoms with van der Waals surface area (Å²) >= 11 is 0.194. The molecule has 0 aromatic carbocycles. The van der Waals surface area contributed by atoms with Gasteiger partial charge in [0.25, 0.3) is 0 Å². The third-order valence-corrected chi connectivity index (χ3v) is 4.06. The molecule has 0 aliphatic heterocycles. The summed E-state index contributed by atoms with van der Waals surface area (Å²) in [6.07, 6.45) is 22.9. The molecule has 0 saturated heterocycles. The van der Waals surface area contributed by atoms with Crippen molar-refractivity contribution < 1.29 is 13.1 Å². The van der Waals surface area contributed by atoms with E-state index in [1.54, 1.807) is 0 Å². The molecule has 22 heavy (non-hydrogen) atoms. The van der Waals surface area contributed by atoms with Gasteiger partial charge in [-0.1, -0.05) is 103 Å². The van der Waals surface area contributed by atoms with Gasteiger partial charge >= 0.3 is 33.3 Å². The number of nitrogens with two attached hydrogens (primary N) is 1. The average Bonchev–Trinajstić information content (AvgIpc) is 2.52. The zero-order valence-electron chi connectivity index (χ0n) is 14.7. The van der Waals surface area contributed by atoms with Crippen molar-refractivity contribution in [1.29, 1.82) is 0 Å². The van der Waals surface area contributed by atoms with E-state index in [2.05, 4.69) is 6.92 Å². The van der Waals surface area contributed by atoms with Gasteiger partial charge in [0.15, 0.2) is 0 Å². The van der Waals surface area contributed by atoms with Gasteiger partial charge in [-0.15, -0.1) is 0 Å². The van der Waals surface area contributed by atoms with Crippen LogP contribution in [0.25, 0.3) is 0 Å². The SMILES string of the molecule is CCCCCCCCCCCCCCCCCCN.[Cl][Fe][Cl]. The van der Waals surface area contributed by atoms with E-state index >= 15 is 0 Å². The molecule has 0 rings (SSSR count). The molecule has 0 fully saturated rings. The molecule has 0 unspecified atom stereocenters. The molecule has 0 amide bonds. The van der Waals surface area contributed by atoms with Crippen LogP contribution in [0.5, 0.6) is 0 Å². The fraction of sp³-hybridized carbons (Fsp3) is 1.00. The van der Waals surface area contributed by atoms with Gasteiger partial charge in [0, 0.05) is 0 Å². The van der Waals surface area contributed by atoms with Gasteiger partial charge in [-0.2, -0.15) is 0 Å². The summed E-state index contributed by atoms with van der Waals surface area (Å²) in [6.45, 7) is 3.16. The van der Waals surface area contributed by atoms with Crippen molar-refractivity contribution in [3.63, 3.8) is 0 Å². The Hall–Kier alpha value is 1.06. The van der Waals surface area contributed by atoms with Crippen LogP contribution in [0.1, 0.15) is 110 Å². The van der Waals surface area contributed by atoms with Crippen LogP contribution in [0, 0.1) is 0 Å². The number of hydrogen-bond acceptors (Lipinski definition) is 1. The molecule has 0 atom stereocenters. The number of halogens is 2. The second-order valence-electron chi connectivity index (χ2n) is 6.14. The van der Waals surface area contributed by atoms with E-state index in [9.17, 15) is 0 Å². The zero-order valence-corrected chi connectivity index (χ0v) is 17.3. The van der Waals surface area contributed by atoms with Gasteiger partial charge in [0.2, 0.25) is 0 Å². The molecule has 4 heteroatoms. The molecule has 0 aromatic heterocycles. The summed E-state index contributed by atoms with van der Waals surface area (Å²) in [5.41, 5.74) is 5.48. The van der Waals surface area contributed by atoms with Crippen LogP contribution in [-0.2, 0) is 13.1 Å². The van der Waals surface area contributed by atoms with Crippen LogP contribution in [-0.4, -0.2) is 6.54 Å². The molecule has 0 aliphatic rings. The molecule has 138 valence electrons. The standard InChI is InChI=1S/C18H39N.2ClH.Fe/c1-2-3-4-5-6-7-8-9-10-11-12-13-14-15-16-17-18-19;;;/h2-19H2,1H3;2*1H;/q;;;+2/p-2. The molecule has 0 saturated carbocycles. The molecular formula is C18H39Cl2FeN. The normalized spacial score (nSPS) is 10.5. The molecule has 0 radical (unpaired) electrons. The Bertz CT molecular complexity index is 155. The predicted molar refractivity (Wildman–Crippen MR) is 100 cm³/mol. The van der Waals surface area contributed by atoms with Gasteiger partial charge in [-0.25, -0.2) is 0 Å². The monoisotopic (exact) mass is 395 g/mol. The Kier molecular flexibility index (Phi) is 31.0. The van der Waals surface area contributed by atoms with E-state index in [4.69, 9.17) is 25.9 Å². The quantitative estimate of drug-likeness (QED) is 0.211.